The Kier molecular flexibility index (Phi) is 8.74. The van der Waals surface area contributed by atoms with Crippen LogP contribution in [0.25, 0.3) is 12.2 Å². The largest absolute Gasteiger partial charge is 0.377 e. The summed E-state index contributed by atoms with van der Waals surface area (Å²) < 4.78 is 11.4. The number of hydrogen-bond donors (Lipinski definition) is 0. The van der Waals surface area contributed by atoms with Crippen molar-refractivity contribution in [2.45, 2.75) is 32.5 Å². The molecule has 25 heavy (non-hydrogen) atoms. The highest BCUT2D eigenvalue weighted by Crippen LogP contribution is 2.09. The van der Waals surface area contributed by atoms with Gasteiger partial charge >= 0.3 is 0 Å². The van der Waals surface area contributed by atoms with Gasteiger partial charge in [0, 0.05) is 13.2 Å². The molecule has 2 heteroatoms. The normalized spacial score (nSPS) is 10.6. The van der Waals surface area contributed by atoms with Crippen molar-refractivity contribution in [3.05, 3.63) is 83.9 Å². The van der Waals surface area contributed by atoms with Crippen molar-refractivity contribution in [1.82, 2.24) is 0 Å². The van der Waals surface area contributed by atoms with E-state index in [2.05, 4.69) is 61.7 Å². The standard InChI is InChI=1S/C23H28O2/c1-3-20-8-12-22(13-9-20)18-24-16-6-5-7-17-25-19-23-14-10-21(4-2)11-15-23/h3-4,8-15H,1-2,5-7,16-19H2. The third-order valence-electron chi connectivity index (χ3n) is 4.05. The molecule has 0 aliphatic carbocycles. The monoisotopic (exact) mass is 336 g/mol. The molecule has 0 heterocycles. The first kappa shape index (κ1) is 19.2. The fraction of sp³-hybridized carbons (Fsp3) is 0.304. The molecule has 0 aromatic heterocycles. The molecule has 2 rings (SSSR count). The average Bonchev–Trinajstić information content (AvgIpc) is 2.67. The van der Waals surface area contributed by atoms with Gasteiger partial charge in [-0.15, -0.1) is 0 Å². The van der Waals surface area contributed by atoms with E-state index in [0.717, 1.165) is 43.6 Å². The highest BCUT2D eigenvalue weighted by Gasteiger charge is 1.96. The maximum Gasteiger partial charge on any atom is 0.0716 e. The molecule has 0 unspecified atom stereocenters. The molecule has 132 valence electrons. The minimum Gasteiger partial charge on any atom is -0.377 e. The maximum absolute atomic E-state index is 5.72. The van der Waals surface area contributed by atoms with Gasteiger partial charge in [-0.1, -0.05) is 73.8 Å². The second-order valence-electron chi connectivity index (χ2n) is 6.06. The van der Waals surface area contributed by atoms with Crippen molar-refractivity contribution < 1.29 is 9.47 Å². The lowest BCUT2D eigenvalue weighted by Crippen LogP contribution is -1.98. The number of unbranched alkanes of at least 4 members (excludes halogenated alkanes) is 2. The highest BCUT2D eigenvalue weighted by atomic mass is 16.5. The first-order valence-electron chi connectivity index (χ1n) is 8.90. The zero-order valence-corrected chi connectivity index (χ0v) is 15.0. The number of benzene rings is 2. The number of rotatable bonds is 12. The molecule has 2 aromatic rings. The Labute approximate surface area is 151 Å². The topological polar surface area (TPSA) is 18.5 Å². The van der Waals surface area contributed by atoms with Gasteiger partial charge in [0.25, 0.3) is 0 Å². The summed E-state index contributed by atoms with van der Waals surface area (Å²) >= 11 is 0. The van der Waals surface area contributed by atoms with E-state index in [1.807, 2.05) is 12.2 Å². The fourth-order valence-corrected chi connectivity index (χ4v) is 2.46. The molecule has 0 atom stereocenters. The second kappa shape index (κ2) is 11.4. The van der Waals surface area contributed by atoms with Crippen LogP contribution in [0.4, 0.5) is 0 Å². The van der Waals surface area contributed by atoms with Crippen LogP contribution < -0.4 is 0 Å². The van der Waals surface area contributed by atoms with Gasteiger partial charge in [0.05, 0.1) is 13.2 Å². The van der Waals surface area contributed by atoms with E-state index in [4.69, 9.17) is 9.47 Å². The lowest BCUT2D eigenvalue weighted by atomic mass is 10.1. The Morgan fingerprint density at radius 1 is 0.600 bits per heavy atom. The molecule has 0 amide bonds. The van der Waals surface area contributed by atoms with E-state index in [1.165, 1.54) is 11.1 Å². The van der Waals surface area contributed by atoms with Gasteiger partial charge in [0.1, 0.15) is 0 Å². The molecule has 0 saturated heterocycles. The fourth-order valence-electron chi connectivity index (χ4n) is 2.46. The van der Waals surface area contributed by atoms with Crippen LogP contribution in [0.2, 0.25) is 0 Å². The summed E-state index contributed by atoms with van der Waals surface area (Å²) in [4.78, 5) is 0. The van der Waals surface area contributed by atoms with Crippen molar-refractivity contribution in [3.8, 4) is 0 Å². The van der Waals surface area contributed by atoms with Gasteiger partial charge in [-0.3, -0.25) is 0 Å². The van der Waals surface area contributed by atoms with Crippen LogP contribution >= 0.6 is 0 Å². The van der Waals surface area contributed by atoms with Crippen LogP contribution in [-0.4, -0.2) is 13.2 Å². The SMILES string of the molecule is C=Cc1ccc(COCCCCCOCc2ccc(C=C)cc2)cc1. The van der Waals surface area contributed by atoms with Gasteiger partial charge in [-0.05, 0) is 41.5 Å². The van der Waals surface area contributed by atoms with Crippen LogP contribution in [0.1, 0.15) is 41.5 Å². The van der Waals surface area contributed by atoms with Gasteiger partial charge < -0.3 is 9.47 Å². The molecule has 2 aromatic carbocycles. The van der Waals surface area contributed by atoms with Crippen molar-refractivity contribution >= 4 is 12.2 Å². The van der Waals surface area contributed by atoms with E-state index in [9.17, 15) is 0 Å². The molecule has 2 nitrogen and oxygen atoms in total. The van der Waals surface area contributed by atoms with Gasteiger partial charge in [0.2, 0.25) is 0 Å². The third-order valence-corrected chi connectivity index (χ3v) is 4.05. The summed E-state index contributed by atoms with van der Waals surface area (Å²) in [5.74, 6) is 0. The maximum atomic E-state index is 5.72. The molecule has 0 spiro atoms. The molecule has 0 N–H and O–H groups in total. The smallest absolute Gasteiger partial charge is 0.0716 e. The van der Waals surface area contributed by atoms with E-state index < -0.39 is 0 Å². The van der Waals surface area contributed by atoms with Crippen molar-refractivity contribution in [3.63, 3.8) is 0 Å². The average molecular weight is 336 g/mol. The van der Waals surface area contributed by atoms with Crippen LogP contribution in [0, 0.1) is 0 Å². The van der Waals surface area contributed by atoms with E-state index in [1.54, 1.807) is 0 Å². The van der Waals surface area contributed by atoms with Crippen LogP contribution in [0.5, 0.6) is 0 Å². The van der Waals surface area contributed by atoms with Gasteiger partial charge in [-0.25, -0.2) is 0 Å². The Bertz CT molecular complexity index is 569. The summed E-state index contributed by atoms with van der Waals surface area (Å²) in [5.41, 5.74) is 4.69. The minimum absolute atomic E-state index is 0.675. The van der Waals surface area contributed by atoms with E-state index >= 15 is 0 Å². The Morgan fingerprint density at radius 2 is 1.00 bits per heavy atom. The molecule has 0 radical (unpaired) electrons. The van der Waals surface area contributed by atoms with Crippen LogP contribution in [0.3, 0.4) is 0 Å². The first-order valence-corrected chi connectivity index (χ1v) is 8.90. The lowest BCUT2D eigenvalue weighted by Gasteiger charge is -2.06. The zero-order chi connectivity index (χ0) is 17.7. The zero-order valence-electron chi connectivity index (χ0n) is 15.0. The van der Waals surface area contributed by atoms with Crippen molar-refractivity contribution in [2.24, 2.45) is 0 Å². The number of ether oxygens (including phenoxy) is 2. The van der Waals surface area contributed by atoms with Gasteiger partial charge in [-0.2, -0.15) is 0 Å². The lowest BCUT2D eigenvalue weighted by molar-refractivity contribution is 0.102. The first-order chi connectivity index (χ1) is 12.3. The Balaban J connectivity index is 1.46. The van der Waals surface area contributed by atoms with E-state index in [0.29, 0.717) is 13.2 Å². The van der Waals surface area contributed by atoms with Gasteiger partial charge in [0.15, 0.2) is 0 Å². The second-order valence-corrected chi connectivity index (χ2v) is 6.06. The van der Waals surface area contributed by atoms with Crippen LogP contribution in [0.15, 0.2) is 61.7 Å². The highest BCUT2D eigenvalue weighted by molar-refractivity contribution is 5.47. The number of hydrogen-bond acceptors (Lipinski definition) is 2. The molecule has 0 bridgehead atoms. The van der Waals surface area contributed by atoms with Crippen LogP contribution in [-0.2, 0) is 22.7 Å². The Morgan fingerprint density at radius 3 is 1.36 bits per heavy atom. The van der Waals surface area contributed by atoms with Crippen molar-refractivity contribution in [1.29, 1.82) is 0 Å². The summed E-state index contributed by atoms with van der Waals surface area (Å²) in [5, 5.41) is 0. The summed E-state index contributed by atoms with van der Waals surface area (Å²) in [7, 11) is 0. The molecule has 0 saturated carbocycles. The summed E-state index contributed by atoms with van der Waals surface area (Å²) in [6.07, 6.45) is 6.97. The quantitative estimate of drug-likeness (QED) is 0.451. The molecule has 0 aliphatic rings. The molecular formula is C23H28O2. The predicted molar refractivity (Wildman–Crippen MR) is 106 cm³/mol. The molecule has 0 fully saturated rings. The predicted octanol–water partition coefficient (Wildman–Crippen LogP) is 5.88. The molecular weight excluding hydrogens is 308 g/mol. The van der Waals surface area contributed by atoms with E-state index in [-0.39, 0.29) is 0 Å². The summed E-state index contributed by atoms with van der Waals surface area (Å²) in [6, 6.07) is 16.6. The third kappa shape index (κ3) is 7.51. The summed E-state index contributed by atoms with van der Waals surface area (Å²) in [6.45, 7) is 10.5. The van der Waals surface area contributed by atoms with Crippen molar-refractivity contribution in [2.75, 3.05) is 13.2 Å². The molecule has 0 aliphatic heterocycles. The Hall–Kier alpha value is -2.16. The minimum atomic E-state index is 0.675.